The second kappa shape index (κ2) is 5.18. The fourth-order valence-corrected chi connectivity index (χ4v) is 3.26. The van der Waals surface area contributed by atoms with Crippen LogP contribution in [0.3, 0.4) is 0 Å². The van der Waals surface area contributed by atoms with Gasteiger partial charge in [-0.2, -0.15) is 0 Å². The molecule has 0 aliphatic carbocycles. The van der Waals surface area contributed by atoms with Gasteiger partial charge in [0.1, 0.15) is 11.9 Å². The second-order valence-corrected chi connectivity index (χ2v) is 5.96. The van der Waals surface area contributed by atoms with E-state index >= 15 is 0 Å². The zero-order valence-electron chi connectivity index (χ0n) is 12.0. The van der Waals surface area contributed by atoms with Crippen molar-refractivity contribution in [1.29, 1.82) is 0 Å². The number of nitrogens with zero attached hydrogens (tertiary/aromatic N) is 1. The van der Waals surface area contributed by atoms with Crippen molar-refractivity contribution in [3.8, 4) is 0 Å². The Kier molecular flexibility index (Phi) is 3.49. The molecule has 0 amide bonds. The molecule has 1 spiro atoms. The molecule has 114 valence electrons. The van der Waals surface area contributed by atoms with Gasteiger partial charge in [-0.1, -0.05) is 0 Å². The average molecular weight is 293 g/mol. The number of nitrogens with one attached hydrogen (secondary N) is 2. The van der Waals surface area contributed by atoms with E-state index in [4.69, 9.17) is 0 Å². The van der Waals surface area contributed by atoms with Gasteiger partial charge < -0.3 is 20.6 Å². The highest BCUT2D eigenvalue weighted by molar-refractivity contribution is 5.83. The molecular weight excluding hydrogens is 273 g/mol. The summed E-state index contributed by atoms with van der Waals surface area (Å²) < 4.78 is 13.5. The lowest BCUT2D eigenvalue weighted by molar-refractivity contribution is -0.138. The normalized spacial score (nSPS) is 21.5. The van der Waals surface area contributed by atoms with Crippen LogP contribution in [-0.4, -0.2) is 42.3 Å². The first kappa shape index (κ1) is 14.1. The Labute approximate surface area is 123 Å². The van der Waals surface area contributed by atoms with E-state index in [9.17, 15) is 14.3 Å². The van der Waals surface area contributed by atoms with Crippen LogP contribution in [0.15, 0.2) is 18.2 Å². The van der Waals surface area contributed by atoms with Gasteiger partial charge in [0.05, 0.1) is 16.9 Å². The summed E-state index contributed by atoms with van der Waals surface area (Å²) in [4.78, 5) is 13.3. The van der Waals surface area contributed by atoms with Crippen molar-refractivity contribution in [2.75, 3.05) is 29.9 Å². The molecule has 0 bridgehead atoms. The van der Waals surface area contributed by atoms with Crippen LogP contribution in [0.25, 0.3) is 0 Å². The van der Waals surface area contributed by atoms with Crippen LogP contribution < -0.4 is 15.5 Å². The van der Waals surface area contributed by atoms with Crippen molar-refractivity contribution < 1.29 is 14.3 Å². The van der Waals surface area contributed by atoms with Crippen LogP contribution in [0.2, 0.25) is 0 Å². The van der Waals surface area contributed by atoms with Crippen LogP contribution >= 0.6 is 0 Å². The van der Waals surface area contributed by atoms with Gasteiger partial charge in [0.2, 0.25) is 0 Å². The Morgan fingerprint density at radius 1 is 1.43 bits per heavy atom. The Balaban J connectivity index is 2.01. The van der Waals surface area contributed by atoms with Gasteiger partial charge in [-0.25, -0.2) is 9.18 Å². The number of anilines is 2. The maximum absolute atomic E-state index is 13.5. The molecule has 3 N–H and O–H groups in total. The molecule has 1 fully saturated rings. The second-order valence-electron chi connectivity index (χ2n) is 5.96. The Morgan fingerprint density at radius 3 is 2.81 bits per heavy atom. The standard InChI is InChI=1S/C15H20FN3O2/c1-10(14(20)21)19-9-15(4-6-17-7-5-15)18-12-8-11(16)2-3-13(12)19/h2-3,8,10,17-18H,4-7,9H2,1H3,(H,20,21). The third kappa shape index (κ3) is 2.55. The molecule has 2 aliphatic heterocycles. The number of carboxylic acid groups (broad SMARTS) is 1. The topological polar surface area (TPSA) is 64.6 Å². The number of hydrogen-bond acceptors (Lipinski definition) is 4. The van der Waals surface area contributed by atoms with Gasteiger partial charge in [0.15, 0.2) is 0 Å². The number of aliphatic carboxylic acids is 1. The monoisotopic (exact) mass is 293 g/mol. The lowest BCUT2D eigenvalue weighted by Gasteiger charge is -2.49. The SMILES string of the molecule is CC(C(=O)O)N1CC2(CCNCC2)Nc2cc(F)ccc21. The van der Waals surface area contributed by atoms with E-state index < -0.39 is 12.0 Å². The van der Waals surface area contributed by atoms with Gasteiger partial charge in [-0.3, -0.25) is 0 Å². The van der Waals surface area contributed by atoms with Crippen molar-refractivity contribution in [3.63, 3.8) is 0 Å². The third-order valence-electron chi connectivity index (χ3n) is 4.53. The largest absolute Gasteiger partial charge is 0.480 e. The molecule has 1 aromatic rings. The van der Waals surface area contributed by atoms with Crippen LogP contribution in [0, 0.1) is 5.82 Å². The number of rotatable bonds is 2. The van der Waals surface area contributed by atoms with E-state index in [0.717, 1.165) is 31.6 Å². The van der Waals surface area contributed by atoms with Crippen molar-refractivity contribution in [2.24, 2.45) is 0 Å². The molecule has 3 rings (SSSR count). The number of halogens is 1. The first-order chi connectivity index (χ1) is 10.0. The zero-order chi connectivity index (χ0) is 15.0. The molecule has 2 heterocycles. The first-order valence-electron chi connectivity index (χ1n) is 7.29. The summed E-state index contributed by atoms with van der Waals surface area (Å²) in [5, 5.41) is 16.1. The lowest BCUT2D eigenvalue weighted by atomic mass is 9.84. The summed E-state index contributed by atoms with van der Waals surface area (Å²) in [5.74, 6) is -1.17. The van der Waals surface area contributed by atoms with Crippen LogP contribution in [0.4, 0.5) is 15.8 Å². The molecule has 0 aromatic heterocycles. The highest BCUT2D eigenvalue weighted by atomic mass is 19.1. The summed E-state index contributed by atoms with van der Waals surface area (Å²) in [5.41, 5.74) is 1.27. The molecule has 21 heavy (non-hydrogen) atoms. The van der Waals surface area contributed by atoms with Gasteiger partial charge in [0, 0.05) is 6.54 Å². The zero-order valence-corrected chi connectivity index (χ0v) is 12.0. The summed E-state index contributed by atoms with van der Waals surface area (Å²) in [6.07, 6.45) is 1.79. The fraction of sp³-hybridized carbons (Fsp3) is 0.533. The van der Waals surface area contributed by atoms with Crippen molar-refractivity contribution in [2.45, 2.75) is 31.3 Å². The fourth-order valence-electron chi connectivity index (χ4n) is 3.26. The first-order valence-corrected chi connectivity index (χ1v) is 7.29. The lowest BCUT2D eigenvalue weighted by Crippen LogP contribution is -2.60. The molecule has 6 heteroatoms. The Morgan fingerprint density at radius 2 is 2.14 bits per heavy atom. The molecular formula is C15H20FN3O2. The number of fused-ring (bicyclic) bond motifs is 1. The van der Waals surface area contributed by atoms with Crippen LogP contribution in [0.5, 0.6) is 0 Å². The van der Waals surface area contributed by atoms with E-state index in [2.05, 4.69) is 10.6 Å². The molecule has 0 saturated carbocycles. The number of carboxylic acids is 1. The Hall–Kier alpha value is -1.82. The van der Waals surface area contributed by atoms with E-state index in [-0.39, 0.29) is 11.4 Å². The minimum absolute atomic E-state index is 0.185. The quantitative estimate of drug-likeness (QED) is 0.774. The smallest absolute Gasteiger partial charge is 0.326 e. The molecule has 5 nitrogen and oxygen atoms in total. The summed E-state index contributed by atoms with van der Waals surface area (Å²) >= 11 is 0. The van der Waals surface area contributed by atoms with E-state index in [0.29, 0.717) is 12.2 Å². The molecule has 1 aromatic carbocycles. The van der Waals surface area contributed by atoms with Gasteiger partial charge in [-0.05, 0) is 51.1 Å². The van der Waals surface area contributed by atoms with Crippen molar-refractivity contribution in [3.05, 3.63) is 24.0 Å². The molecule has 0 radical (unpaired) electrons. The molecule has 1 saturated heterocycles. The predicted octanol–water partition coefficient (Wildman–Crippen LogP) is 1.65. The third-order valence-corrected chi connectivity index (χ3v) is 4.53. The van der Waals surface area contributed by atoms with Gasteiger partial charge >= 0.3 is 5.97 Å². The van der Waals surface area contributed by atoms with E-state index in [1.54, 1.807) is 13.0 Å². The van der Waals surface area contributed by atoms with E-state index in [1.807, 2.05) is 4.90 Å². The minimum atomic E-state index is -0.865. The summed E-state index contributed by atoms with van der Waals surface area (Å²) in [6.45, 7) is 4.07. The molecule has 1 unspecified atom stereocenters. The van der Waals surface area contributed by atoms with Crippen LogP contribution in [0.1, 0.15) is 19.8 Å². The number of hydrogen-bond donors (Lipinski definition) is 3. The summed E-state index contributed by atoms with van der Waals surface area (Å²) in [7, 11) is 0. The van der Waals surface area contributed by atoms with E-state index in [1.165, 1.54) is 12.1 Å². The number of carbonyl (C=O) groups is 1. The maximum atomic E-state index is 13.5. The predicted molar refractivity (Wildman–Crippen MR) is 79.3 cm³/mol. The maximum Gasteiger partial charge on any atom is 0.326 e. The van der Waals surface area contributed by atoms with Crippen molar-refractivity contribution >= 4 is 17.3 Å². The van der Waals surface area contributed by atoms with Gasteiger partial charge in [0.25, 0.3) is 0 Å². The number of benzene rings is 1. The minimum Gasteiger partial charge on any atom is -0.480 e. The van der Waals surface area contributed by atoms with Crippen molar-refractivity contribution in [1.82, 2.24) is 5.32 Å². The Bertz CT molecular complexity index is 558. The average Bonchev–Trinajstić information content (AvgIpc) is 2.46. The number of piperidine rings is 1. The van der Waals surface area contributed by atoms with Crippen LogP contribution in [-0.2, 0) is 4.79 Å². The highest BCUT2D eigenvalue weighted by Gasteiger charge is 2.41. The highest BCUT2D eigenvalue weighted by Crippen LogP contribution is 2.39. The molecule has 2 aliphatic rings. The summed E-state index contributed by atoms with van der Waals surface area (Å²) in [6, 6.07) is 3.86. The van der Waals surface area contributed by atoms with Gasteiger partial charge in [-0.15, -0.1) is 0 Å². The molecule has 1 atom stereocenters.